The number of hydrogen-bond acceptors (Lipinski definition) is 3. The molecule has 1 N–H and O–H groups in total. The molecule has 0 aromatic rings. The van der Waals surface area contributed by atoms with E-state index in [1.807, 2.05) is 13.8 Å². The predicted octanol–water partition coefficient (Wildman–Crippen LogP) is 1.35. The molecule has 88 valence electrons. The number of carbonyl (C=O) groups excluding carboxylic acids is 2. The van der Waals surface area contributed by atoms with E-state index in [9.17, 15) is 9.59 Å². The first-order chi connectivity index (χ1) is 6.81. The first-order valence-corrected chi connectivity index (χ1v) is 5.26. The average molecular weight is 215 g/mol. The summed E-state index contributed by atoms with van der Waals surface area (Å²) >= 11 is 0. The van der Waals surface area contributed by atoms with Crippen molar-refractivity contribution in [1.29, 1.82) is 0 Å². The van der Waals surface area contributed by atoms with Gasteiger partial charge in [-0.05, 0) is 20.8 Å². The number of amides is 1. The molecule has 0 spiro atoms. The normalized spacial score (nSPS) is 11.3. The van der Waals surface area contributed by atoms with Crippen LogP contribution in [-0.4, -0.2) is 25.0 Å². The molecule has 0 fully saturated rings. The van der Waals surface area contributed by atoms with Crippen LogP contribution < -0.4 is 5.32 Å². The lowest BCUT2D eigenvalue weighted by Crippen LogP contribution is -2.41. The third kappa shape index (κ3) is 4.81. The maximum atomic E-state index is 11.5. The van der Waals surface area contributed by atoms with Crippen LogP contribution in [0.25, 0.3) is 0 Å². The molecule has 0 heterocycles. The van der Waals surface area contributed by atoms with Gasteiger partial charge >= 0.3 is 5.97 Å². The minimum absolute atomic E-state index is 0.0487. The molecule has 0 saturated carbocycles. The summed E-state index contributed by atoms with van der Waals surface area (Å²) in [6.07, 6.45) is 0. The maximum Gasteiger partial charge on any atom is 0.313 e. The van der Waals surface area contributed by atoms with E-state index in [1.54, 1.807) is 20.8 Å². The van der Waals surface area contributed by atoms with Gasteiger partial charge in [-0.15, -0.1) is 0 Å². The molecule has 0 aromatic carbocycles. The summed E-state index contributed by atoms with van der Waals surface area (Å²) in [6.45, 7) is 9.57. The van der Waals surface area contributed by atoms with E-state index >= 15 is 0 Å². The van der Waals surface area contributed by atoms with E-state index < -0.39 is 5.41 Å². The number of hydrogen-bond donors (Lipinski definition) is 1. The lowest BCUT2D eigenvalue weighted by atomic mass is 9.93. The minimum Gasteiger partial charge on any atom is -0.466 e. The van der Waals surface area contributed by atoms with Gasteiger partial charge in [-0.2, -0.15) is 0 Å². The van der Waals surface area contributed by atoms with E-state index in [0.717, 1.165) is 0 Å². The molecule has 0 aromatic heterocycles. The van der Waals surface area contributed by atoms with Gasteiger partial charge in [-0.3, -0.25) is 9.59 Å². The Bertz CT molecular complexity index is 234. The summed E-state index contributed by atoms with van der Waals surface area (Å²) in [5.74, 6) is -0.399. The Morgan fingerprint density at radius 1 is 1.33 bits per heavy atom. The van der Waals surface area contributed by atoms with Crippen LogP contribution in [0.2, 0.25) is 0 Å². The monoisotopic (exact) mass is 215 g/mol. The van der Waals surface area contributed by atoms with Crippen LogP contribution in [0.1, 0.15) is 34.6 Å². The van der Waals surface area contributed by atoms with Gasteiger partial charge in [0.25, 0.3) is 0 Å². The molecule has 0 aliphatic heterocycles. The maximum absolute atomic E-state index is 11.5. The molecule has 0 bridgehead atoms. The first-order valence-electron chi connectivity index (χ1n) is 5.26. The van der Waals surface area contributed by atoms with Crippen molar-refractivity contribution in [2.24, 2.45) is 11.3 Å². The lowest BCUT2D eigenvalue weighted by Gasteiger charge is -2.23. The van der Waals surface area contributed by atoms with Gasteiger partial charge in [0.05, 0.1) is 12.0 Å². The summed E-state index contributed by atoms with van der Waals surface area (Å²) in [7, 11) is 0. The fourth-order valence-corrected chi connectivity index (χ4v) is 0.911. The van der Waals surface area contributed by atoms with Crippen molar-refractivity contribution in [3.8, 4) is 0 Å². The van der Waals surface area contributed by atoms with Gasteiger partial charge in [-0.25, -0.2) is 0 Å². The molecule has 15 heavy (non-hydrogen) atoms. The number of esters is 1. The Hall–Kier alpha value is -1.06. The molecule has 0 aliphatic carbocycles. The first kappa shape index (κ1) is 13.9. The highest BCUT2D eigenvalue weighted by molar-refractivity contribution is 5.80. The average Bonchev–Trinajstić information content (AvgIpc) is 2.14. The minimum atomic E-state index is -0.666. The molecule has 0 atom stereocenters. The van der Waals surface area contributed by atoms with Crippen molar-refractivity contribution in [1.82, 2.24) is 5.32 Å². The van der Waals surface area contributed by atoms with E-state index in [2.05, 4.69) is 5.32 Å². The molecule has 0 saturated heterocycles. The number of carbonyl (C=O) groups is 2. The molecule has 1 amide bonds. The van der Waals surface area contributed by atoms with Crippen molar-refractivity contribution >= 4 is 11.9 Å². The van der Waals surface area contributed by atoms with Crippen LogP contribution in [0.3, 0.4) is 0 Å². The number of nitrogens with one attached hydrogen (secondary N) is 1. The van der Waals surface area contributed by atoms with Gasteiger partial charge < -0.3 is 10.1 Å². The van der Waals surface area contributed by atoms with Crippen molar-refractivity contribution in [3.63, 3.8) is 0 Å². The Balaban J connectivity index is 4.14. The SMILES string of the molecule is CCOC(=O)C(C)(C)CNC(=O)C(C)C. The highest BCUT2D eigenvalue weighted by Gasteiger charge is 2.29. The fourth-order valence-electron chi connectivity index (χ4n) is 0.911. The standard InChI is InChI=1S/C11H21NO3/c1-6-15-10(14)11(4,5)7-12-9(13)8(2)3/h8H,6-7H2,1-5H3,(H,12,13). The van der Waals surface area contributed by atoms with Gasteiger partial charge in [0.2, 0.25) is 5.91 Å². The Kier molecular flexibility index (Phi) is 5.33. The summed E-state index contributed by atoms with van der Waals surface area (Å²) < 4.78 is 4.91. The molecular formula is C11H21NO3. The number of rotatable bonds is 5. The summed E-state index contributed by atoms with van der Waals surface area (Å²) in [5.41, 5.74) is -0.666. The molecule has 4 heteroatoms. The Morgan fingerprint density at radius 2 is 1.87 bits per heavy atom. The van der Waals surface area contributed by atoms with Crippen LogP contribution in [0.5, 0.6) is 0 Å². The Morgan fingerprint density at radius 3 is 2.27 bits per heavy atom. The number of ether oxygens (including phenoxy) is 1. The van der Waals surface area contributed by atoms with Crippen LogP contribution in [0.4, 0.5) is 0 Å². The molecule has 4 nitrogen and oxygen atoms in total. The van der Waals surface area contributed by atoms with Gasteiger partial charge in [0.1, 0.15) is 0 Å². The van der Waals surface area contributed by atoms with Crippen LogP contribution in [-0.2, 0) is 14.3 Å². The zero-order valence-corrected chi connectivity index (χ0v) is 10.2. The largest absolute Gasteiger partial charge is 0.466 e. The fraction of sp³-hybridized carbons (Fsp3) is 0.818. The second-order valence-corrected chi connectivity index (χ2v) is 4.48. The zero-order chi connectivity index (χ0) is 12.1. The van der Waals surface area contributed by atoms with Crippen molar-refractivity contribution in [3.05, 3.63) is 0 Å². The van der Waals surface area contributed by atoms with Crippen molar-refractivity contribution in [2.45, 2.75) is 34.6 Å². The van der Waals surface area contributed by atoms with Gasteiger partial charge in [0, 0.05) is 12.5 Å². The predicted molar refractivity (Wildman–Crippen MR) is 58.3 cm³/mol. The highest BCUT2D eigenvalue weighted by Crippen LogP contribution is 2.16. The lowest BCUT2D eigenvalue weighted by molar-refractivity contribution is -0.153. The van der Waals surface area contributed by atoms with E-state index in [4.69, 9.17) is 4.74 Å². The zero-order valence-electron chi connectivity index (χ0n) is 10.2. The van der Waals surface area contributed by atoms with Crippen LogP contribution in [0.15, 0.2) is 0 Å². The van der Waals surface area contributed by atoms with Crippen molar-refractivity contribution in [2.75, 3.05) is 13.2 Å². The molecule has 0 rings (SSSR count). The molecular weight excluding hydrogens is 194 g/mol. The van der Waals surface area contributed by atoms with E-state index in [-0.39, 0.29) is 17.8 Å². The quantitative estimate of drug-likeness (QED) is 0.704. The summed E-state index contributed by atoms with van der Waals surface area (Å²) in [6, 6.07) is 0. The molecule has 0 radical (unpaired) electrons. The van der Waals surface area contributed by atoms with E-state index in [1.165, 1.54) is 0 Å². The van der Waals surface area contributed by atoms with Gasteiger partial charge in [-0.1, -0.05) is 13.8 Å². The molecule has 0 unspecified atom stereocenters. The topological polar surface area (TPSA) is 55.4 Å². The van der Waals surface area contributed by atoms with Crippen LogP contribution in [0, 0.1) is 11.3 Å². The third-order valence-electron chi connectivity index (χ3n) is 2.06. The van der Waals surface area contributed by atoms with E-state index in [0.29, 0.717) is 13.2 Å². The second-order valence-electron chi connectivity index (χ2n) is 4.48. The second kappa shape index (κ2) is 5.73. The van der Waals surface area contributed by atoms with Gasteiger partial charge in [0.15, 0.2) is 0 Å². The molecule has 0 aliphatic rings. The van der Waals surface area contributed by atoms with Crippen molar-refractivity contribution < 1.29 is 14.3 Å². The highest BCUT2D eigenvalue weighted by atomic mass is 16.5. The van der Waals surface area contributed by atoms with Crippen LogP contribution >= 0.6 is 0 Å². The smallest absolute Gasteiger partial charge is 0.313 e. The third-order valence-corrected chi connectivity index (χ3v) is 2.06. The summed E-state index contributed by atoms with van der Waals surface area (Å²) in [5, 5.41) is 2.72. The summed E-state index contributed by atoms with van der Waals surface area (Å²) in [4.78, 5) is 22.8. The Labute approximate surface area is 91.4 Å².